The van der Waals surface area contributed by atoms with E-state index in [9.17, 15) is 14.4 Å². The molecule has 2 aliphatic heterocycles. The maximum absolute atomic E-state index is 13.2. The summed E-state index contributed by atoms with van der Waals surface area (Å²) in [7, 11) is 1.62. The van der Waals surface area contributed by atoms with E-state index in [0.29, 0.717) is 51.9 Å². The van der Waals surface area contributed by atoms with Crippen LogP contribution in [0.1, 0.15) is 41.6 Å². The van der Waals surface area contributed by atoms with Crippen molar-refractivity contribution in [2.45, 2.75) is 32.2 Å². The lowest BCUT2D eigenvalue weighted by Crippen LogP contribution is -2.49. The molecular formula is C26H30N2O4. The number of piperidine rings is 2. The molecule has 2 heterocycles. The second-order valence-corrected chi connectivity index (χ2v) is 8.65. The van der Waals surface area contributed by atoms with Crippen LogP contribution in [0.4, 0.5) is 0 Å². The van der Waals surface area contributed by atoms with E-state index in [1.165, 1.54) is 0 Å². The van der Waals surface area contributed by atoms with Crippen LogP contribution in [0.3, 0.4) is 0 Å². The molecule has 0 spiro atoms. The van der Waals surface area contributed by atoms with Gasteiger partial charge in [0.25, 0.3) is 0 Å². The molecule has 2 saturated heterocycles. The monoisotopic (exact) mass is 434 g/mol. The molecule has 1 atom stereocenters. The van der Waals surface area contributed by atoms with Crippen molar-refractivity contribution in [3.63, 3.8) is 0 Å². The van der Waals surface area contributed by atoms with Gasteiger partial charge in [-0.25, -0.2) is 0 Å². The highest BCUT2D eigenvalue weighted by atomic mass is 16.5. The van der Waals surface area contributed by atoms with E-state index in [2.05, 4.69) is 0 Å². The van der Waals surface area contributed by atoms with Crippen LogP contribution in [-0.2, 0) is 16.1 Å². The third kappa shape index (κ3) is 4.85. The zero-order valence-corrected chi connectivity index (χ0v) is 18.5. The summed E-state index contributed by atoms with van der Waals surface area (Å²) in [5, 5.41) is 0. The van der Waals surface area contributed by atoms with Gasteiger partial charge in [-0.3, -0.25) is 14.4 Å². The topological polar surface area (TPSA) is 66.9 Å². The standard InChI is InChI=1S/C26H30N2O4/c1-32-23-10-6-5-9-21(23)17-28-18-22(11-12-24(28)29)26(31)27-15-13-20(14-16-27)25(30)19-7-3-2-4-8-19/h2-10,20,22H,11-18H2,1H3/t22-/m0/s1. The molecule has 2 aromatic rings. The molecule has 0 unspecified atom stereocenters. The first kappa shape index (κ1) is 22.1. The van der Waals surface area contributed by atoms with Crippen molar-refractivity contribution in [1.82, 2.24) is 9.80 Å². The average molecular weight is 435 g/mol. The average Bonchev–Trinajstić information content (AvgIpc) is 2.85. The van der Waals surface area contributed by atoms with Crippen molar-refractivity contribution in [3.8, 4) is 5.75 Å². The number of para-hydroxylation sites is 1. The fourth-order valence-corrected chi connectivity index (χ4v) is 4.77. The Labute approximate surface area is 189 Å². The van der Waals surface area contributed by atoms with Crippen LogP contribution in [0, 0.1) is 11.8 Å². The zero-order valence-electron chi connectivity index (χ0n) is 18.5. The summed E-state index contributed by atoms with van der Waals surface area (Å²) in [5.74, 6) is 0.878. The second kappa shape index (κ2) is 9.98. The molecule has 168 valence electrons. The molecule has 2 fully saturated rings. The molecule has 2 aliphatic rings. The Bertz CT molecular complexity index is 967. The van der Waals surface area contributed by atoms with Crippen LogP contribution in [0.2, 0.25) is 0 Å². The van der Waals surface area contributed by atoms with Crippen LogP contribution < -0.4 is 4.74 Å². The van der Waals surface area contributed by atoms with E-state index in [1.54, 1.807) is 12.0 Å². The fraction of sp³-hybridized carbons (Fsp3) is 0.423. The number of amides is 2. The van der Waals surface area contributed by atoms with E-state index in [-0.39, 0.29) is 29.4 Å². The van der Waals surface area contributed by atoms with Gasteiger partial charge in [0.1, 0.15) is 5.75 Å². The molecule has 2 amide bonds. The van der Waals surface area contributed by atoms with Crippen molar-refractivity contribution in [2.75, 3.05) is 26.7 Å². The van der Waals surface area contributed by atoms with Gasteiger partial charge in [0, 0.05) is 49.6 Å². The SMILES string of the molecule is COc1ccccc1CN1C[C@@H](C(=O)N2CCC(C(=O)c3ccccc3)CC2)CCC1=O. The number of rotatable bonds is 6. The smallest absolute Gasteiger partial charge is 0.227 e. The minimum absolute atomic E-state index is 0.0311. The van der Waals surface area contributed by atoms with Crippen molar-refractivity contribution >= 4 is 17.6 Å². The highest BCUT2D eigenvalue weighted by Crippen LogP contribution is 2.28. The third-order valence-electron chi connectivity index (χ3n) is 6.64. The minimum atomic E-state index is -0.191. The van der Waals surface area contributed by atoms with Crippen molar-refractivity contribution in [3.05, 3.63) is 65.7 Å². The van der Waals surface area contributed by atoms with Crippen molar-refractivity contribution < 1.29 is 19.1 Å². The molecule has 2 aromatic carbocycles. The number of hydrogen-bond donors (Lipinski definition) is 0. The first-order valence-corrected chi connectivity index (χ1v) is 11.3. The van der Waals surface area contributed by atoms with Crippen LogP contribution >= 0.6 is 0 Å². The first-order chi connectivity index (χ1) is 15.6. The van der Waals surface area contributed by atoms with Crippen LogP contribution in [0.5, 0.6) is 5.75 Å². The number of methoxy groups -OCH3 is 1. The van der Waals surface area contributed by atoms with Gasteiger partial charge in [0.2, 0.25) is 11.8 Å². The van der Waals surface area contributed by atoms with Gasteiger partial charge in [0.15, 0.2) is 5.78 Å². The zero-order chi connectivity index (χ0) is 22.5. The predicted octanol–water partition coefficient (Wildman–Crippen LogP) is 3.56. The molecule has 6 nitrogen and oxygen atoms in total. The molecule has 0 N–H and O–H groups in total. The van der Waals surface area contributed by atoms with Gasteiger partial charge in [-0.05, 0) is 25.3 Å². The maximum atomic E-state index is 13.2. The summed E-state index contributed by atoms with van der Waals surface area (Å²) < 4.78 is 5.41. The number of ketones is 1. The Balaban J connectivity index is 1.34. The van der Waals surface area contributed by atoms with E-state index < -0.39 is 0 Å². The summed E-state index contributed by atoms with van der Waals surface area (Å²) in [4.78, 5) is 42.1. The lowest BCUT2D eigenvalue weighted by Gasteiger charge is -2.37. The fourth-order valence-electron chi connectivity index (χ4n) is 4.77. The van der Waals surface area contributed by atoms with E-state index in [0.717, 1.165) is 16.9 Å². The highest BCUT2D eigenvalue weighted by molar-refractivity contribution is 5.98. The number of likely N-dealkylation sites (tertiary alicyclic amines) is 2. The maximum Gasteiger partial charge on any atom is 0.227 e. The molecule has 0 aromatic heterocycles. The number of carbonyl (C=O) groups excluding carboxylic acids is 3. The van der Waals surface area contributed by atoms with Gasteiger partial charge < -0.3 is 14.5 Å². The number of nitrogens with zero attached hydrogens (tertiary/aromatic N) is 2. The van der Waals surface area contributed by atoms with Crippen molar-refractivity contribution in [1.29, 1.82) is 0 Å². The lowest BCUT2D eigenvalue weighted by molar-refractivity contribution is -0.144. The number of ether oxygens (including phenoxy) is 1. The summed E-state index contributed by atoms with van der Waals surface area (Å²) in [6.07, 6.45) is 2.35. The van der Waals surface area contributed by atoms with Gasteiger partial charge in [-0.1, -0.05) is 48.5 Å². The van der Waals surface area contributed by atoms with Crippen molar-refractivity contribution in [2.24, 2.45) is 11.8 Å². The molecule has 0 saturated carbocycles. The summed E-state index contributed by atoms with van der Waals surface area (Å²) in [6, 6.07) is 17.0. The Morgan fingerprint density at radius 3 is 2.34 bits per heavy atom. The molecule has 0 bridgehead atoms. The van der Waals surface area contributed by atoms with Gasteiger partial charge in [-0.15, -0.1) is 0 Å². The molecule has 4 rings (SSSR count). The minimum Gasteiger partial charge on any atom is -0.496 e. The van der Waals surface area contributed by atoms with Gasteiger partial charge in [0.05, 0.1) is 13.0 Å². The lowest BCUT2D eigenvalue weighted by atomic mass is 9.87. The van der Waals surface area contributed by atoms with E-state index in [1.807, 2.05) is 59.5 Å². The Kier molecular flexibility index (Phi) is 6.88. The number of Topliss-reactive ketones (excluding diaryl/α,β-unsaturated/α-hetero) is 1. The Morgan fingerprint density at radius 1 is 0.938 bits per heavy atom. The summed E-state index contributed by atoms with van der Waals surface area (Å²) in [5.41, 5.74) is 1.69. The number of carbonyl (C=O) groups is 3. The Hall–Kier alpha value is -3.15. The molecule has 32 heavy (non-hydrogen) atoms. The van der Waals surface area contributed by atoms with Crippen LogP contribution in [0.15, 0.2) is 54.6 Å². The largest absolute Gasteiger partial charge is 0.496 e. The molecule has 0 aliphatic carbocycles. The molecular weight excluding hydrogens is 404 g/mol. The number of benzene rings is 2. The van der Waals surface area contributed by atoms with E-state index >= 15 is 0 Å². The summed E-state index contributed by atoms with van der Waals surface area (Å²) >= 11 is 0. The van der Waals surface area contributed by atoms with Crippen LogP contribution in [-0.4, -0.2) is 54.1 Å². The second-order valence-electron chi connectivity index (χ2n) is 8.65. The highest BCUT2D eigenvalue weighted by Gasteiger charge is 2.35. The van der Waals surface area contributed by atoms with Gasteiger partial charge >= 0.3 is 0 Å². The van der Waals surface area contributed by atoms with Gasteiger partial charge in [-0.2, -0.15) is 0 Å². The summed E-state index contributed by atoms with van der Waals surface area (Å²) in [6.45, 7) is 2.07. The molecule has 0 radical (unpaired) electrons. The quantitative estimate of drug-likeness (QED) is 0.652. The Morgan fingerprint density at radius 2 is 1.62 bits per heavy atom. The third-order valence-corrected chi connectivity index (χ3v) is 6.64. The first-order valence-electron chi connectivity index (χ1n) is 11.3. The predicted molar refractivity (Wildman–Crippen MR) is 121 cm³/mol. The molecule has 6 heteroatoms. The van der Waals surface area contributed by atoms with E-state index in [4.69, 9.17) is 4.74 Å². The number of hydrogen-bond acceptors (Lipinski definition) is 4. The van der Waals surface area contributed by atoms with Crippen LogP contribution in [0.25, 0.3) is 0 Å². The normalized spacial score (nSPS) is 19.7.